The fraction of sp³-hybridized carbons (Fsp3) is 0.583. The molecule has 1 fully saturated rings. The van der Waals surface area contributed by atoms with Crippen LogP contribution in [0.1, 0.15) is 12.7 Å². The highest BCUT2D eigenvalue weighted by Crippen LogP contribution is 2.37. The van der Waals surface area contributed by atoms with E-state index in [4.69, 9.17) is 29.7 Å². The van der Waals surface area contributed by atoms with Gasteiger partial charge < -0.3 is 40.5 Å². The zero-order valence-corrected chi connectivity index (χ0v) is 14.7. The van der Waals surface area contributed by atoms with E-state index in [1.165, 1.54) is 10.9 Å². The van der Waals surface area contributed by atoms with Gasteiger partial charge in [-0.3, -0.25) is 4.57 Å². The number of aliphatic hydroxyl groups is 3. The summed E-state index contributed by atoms with van der Waals surface area (Å²) in [7, 11) is -4.64. The average Bonchev–Trinajstić information content (AvgIpc) is 3.02. The Bertz CT molecular complexity index is 832. The molecule has 4 atom stereocenters. The fourth-order valence-corrected chi connectivity index (χ4v) is 2.67. The Balaban J connectivity index is 0.000000431. The molecule has 0 bridgehead atoms. The number of phosphoric acid groups is 1. The molecule has 0 aliphatic carbocycles. The van der Waals surface area contributed by atoms with E-state index in [-0.39, 0.29) is 5.82 Å². The van der Waals surface area contributed by atoms with Crippen LogP contribution in [0.5, 0.6) is 0 Å². The van der Waals surface area contributed by atoms with Crippen molar-refractivity contribution in [3.05, 3.63) is 12.2 Å². The van der Waals surface area contributed by atoms with Crippen LogP contribution >= 0.6 is 7.82 Å². The van der Waals surface area contributed by atoms with Crippen LogP contribution in [-0.2, 0) is 15.0 Å². The molecule has 26 heavy (non-hydrogen) atoms. The first-order valence-electron chi connectivity index (χ1n) is 7.29. The lowest BCUT2D eigenvalue weighted by molar-refractivity contribution is -0.132. The van der Waals surface area contributed by atoms with Gasteiger partial charge >= 0.3 is 7.82 Å². The number of nitrogens with zero attached hydrogens (tertiary/aromatic N) is 4. The van der Waals surface area contributed by atoms with Gasteiger partial charge in [-0.05, 0) is 13.8 Å². The Hall–Kier alpha value is -1.70. The number of aliphatic hydroxyl groups excluding tert-OH is 3. The molecule has 3 heterocycles. The minimum Gasteiger partial charge on any atom is -0.394 e. The molecular formula is C12H20N5O8P. The van der Waals surface area contributed by atoms with Crippen LogP contribution in [0.25, 0.3) is 11.2 Å². The normalized spacial score (nSPS) is 28.8. The molecule has 0 unspecified atom stereocenters. The zero-order valence-electron chi connectivity index (χ0n) is 13.8. The van der Waals surface area contributed by atoms with E-state index in [9.17, 15) is 15.3 Å². The number of anilines is 1. The number of aryl methyl sites for hydroxylation is 1. The minimum absolute atomic E-state index is 0.228. The second-order valence-electron chi connectivity index (χ2n) is 5.79. The van der Waals surface area contributed by atoms with Crippen LogP contribution in [0.4, 0.5) is 5.82 Å². The molecule has 13 nitrogen and oxygen atoms in total. The highest BCUT2D eigenvalue weighted by atomic mass is 31.2. The van der Waals surface area contributed by atoms with Crippen molar-refractivity contribution >= 4 is 24.8 Å². The van der Waals surface area contributed by atoms with Gasteiger partial charge in [-0.15, -0.1) is 0 Å². The number of hydrogen-bond donors (Lipinski definition) is 7. The lowest BCUT2D eigenvalue weighted by Gasteiger charge is -2.29. The number of nitrogen functional groups attached to an aromatic ring is 1. The molecule has 1 aliphatic rings. The first-order chi connectivity index (χ1) is 11.9. The smallest absolute Gasteiger partial charge is 0.394 e. The summed E-state index contributed by atoms with van der Waals surface area (Å²) in [5, 5.41) is 29.4. The molecule has 14 heteroatoms. The number of ether oxygens (including phenoxy) is 1. The van der Waals surface area contributed by atoms with E-state index in [1.807, 2.05) is 0 Å². The molecule has 3 rings (SSSR count). The minimum atomic E-state index is -4.64. The molecule has 0 aromatic carbocycles. The number of fused-ring (bicyclic) bond motifs is 1. The molecular weight excluding hydrogens is 373 g/mol. The standard InChI is InChI=1S/C12H17N5O4.H3O4P/c1-5-15-10(13)7-11(16-5)17(4-14-7)12(2)9(20)8(19)6(3-18)21-12;1-5(2,3)4/h4,6,8-9,18-20H,3H2,1-2H3,(H2,13,15,16);(H3,1,2,3,4)/t6-,8-,9-,12-;/m1./s1. The lowest BCUT2D eigenvalue weighted by Crippen LogP contribution is -2.43. The predicted octanol–water partition coefficient (Wildman–Crippen LogP) is -2.43. The summed E-state index contributed by atoms with van der Waals surface area (Å²) in [5.41, 5.74) is 5.28. The fourth-order valence-electron chi connectivity index (χ4n) is 2.67. The molecule has 146 valence electrons. The summed E-state index contributed by atoms with van der Waals surface area (Å²) in [6.45, 7) is 2.87. The highest BCUT2D eigenvalue weighted by Gasteiger charge is 2.52. The Kier molecular flexibility index (Phi) is 5.66. The van der Waals surface area contributed by atoms with Crippen molar-refractivity contribution in [1.29, 1.82) is 0 Å². The van der Waals surface area contributed by atoms with Crippen molar-refractivity contribution in [2.45, 2.75) is 37.9 Å². The van der Waals surface area contributed by atoms with E-state index in [0.29, 0.717) is 17.0 Å². The number of rotatable bonds is 2. The average molecular weight is 393 g/mol. The van der Waals surface area contributed by atoms with Crippen LogP contribution < -0.4 is 5.73 Å². The summed E-state index contributed by atoms with van der Waals surface area (Å²) < 4.78 is 16.0. The Morgan fingerprint density at radius 1 is 1.35 bits per heavy atom. The molecule has 0 spiro atoms. The summed E-state index contributed by atoms with van der Waals surface area (Å²) in [6.07, 6.45) is -1.92. The second kappa shape index (κ2) is 7.13. The van der Waals surface area contributed by atoms with Gasteiger partial charge in [0.1, 0.15) is 29.7 Å². The summed E-state index contributed by atoms with van der Waals surface area (Å²) >= 11 is 0. The number of imidazole rings is 1. The van der Waals surface area contributed by atoms with Gasteiger partial charge in [0.2, 0.25) is 0 Å². The Morgan fingerprint density at radius 3 is 2.42 bits per heavy atom. The number of nitrogens with two attached hydrogens (primary N) is 1. The maximum atomic E-state index is 10.3. The third kappa shape index (κ3) is 4.00. The van der Waals surface area contributed by atoms with E-state index in [1.54, 1.807) is 13.8 Å². The van der Waals surface area contributed by atoms with Gasteiger partial charge in [0, 0.05) is 0 Å². The molecule has 0 amide bonds. The molecule has 8 N–H and O–H groups in total. The van der Waals surface area contributed by atoms with Gasteiger partial charge in [-0.2, -0.15) is 0 Å². The van der Waals surface area contributed by atoms with Crippen LogP contribution in [0.3, 0.4) is 0 Å². The van der Waals surface area contributed by atoms with E-state index in [2.05, 4.69) is 15.0 Å². The monoisotopic (exact) mass is 393 g/mol. The molecule has 2 aromatic heterocycles. The van der Waals surface area contributed by atoms with Crippen LogP contribution in [-0.4, -0.2) is 74.4 Å². The van der Waals surface area contributed by atoms with Gasteiger partial charge in [0.05, 0.1) is 12.9 Å². The van der Waals surface area contributed by atoms with Crippen molar-refractivity contribution in [3.8, 4) is 0 Å². The molecule has 1 aliphatic heterocycles. The van der Waals surface area contributed by atoms with Gasteiger partial charge in [0.25, 0.3) is 0 Å². The maximum absolute atomic E-state index is 10.3. The summed E-state index contributed by atoms with van der Waals surface area (Å²) in [4.78, 5) is 34.0. The quantitative estimate of drug-likeness (QED) is 0.265. The van der Waals surface area contributed by atoms with E-state index in [0.717, 1.165) is 0 Å². The van der Waals surface area contributed by atoms with Crippen molar-refractivity contribution in [3.63, 3.8) is 0 Å². The number of hydrogen-bond acceptors (Lipinski definition) is 9. The molecule has 0 saturated carbocycles. The summed E-state index contributed by atoms with van der Waals surface area (Å²) in [6, 6.07) is 0. The Morgan fingerprint density at radius 2 is 1.92 bits per heavy atom. The van der Waals surface area contributed by atoms with Crippen LogP contribution in [0, 0.1) is 6.92 Å². The maximum Gasteiger partial charge on any atom is 0.466 e. The second-order valence-corrected chi connectivity index (χ2v) is 6.81. The third-order valence-corrected chi connectivity index (χ3v) is 3.84. The van der Waals surface area contributed by atoms with Gasteiger partial charge in [-0.1, -0.05) is 0 Å². The van der Waals surface area contributed by atoms with Gasteiger partial charge in [0.15, 0.2) is 17.2 Å². The number of aromatic nitrogens is 4. The predicted molar refractivity (Wildman–Crippen MR) is 86.4 cm³/mol. The van der Waals surface area contributed by atoms with Crippen molar-refractivity contribution in [2.75, 3.05) is 12.3 Å². The van der Waals surface area contributed by atoms with Crippen LogP contribution in [0.15, 0.2) is 6.33 Å². The van der Waals surface area contributed by atoms with Crippen molar-refractivity contribution < 1.29 is 39.3 Å². The molecule has 2 aromatic rings. The largest absolute Gasteiger partial charge is 0.466 e. The SMILES string of the molecule is Cc1nc(N)c2ncn([C@]3(C)O[C@H](CO)[C@@H](O)[C@H]3O)c2n1.O=P(O)(O)O. The van der Waals surface area contributed by atoms with Gasteiger partial charge in [-0.25, -0.2) is 19.5 Å². The first kappa shape index (κ1) is 20.6. The van der Waals surface area contributed by atoms with Crippen LogP contribution in [0.2, 0.25) is 0 Å². The zero-order chi connectivity index (χ0) is 19.9. The van der Waals surface area contributed by atoms with Crippen molar-refractivity contribution in [2.24, 2.45) is 0 Å². The Labute approximate surface area is 147 Å². The van der Waals surface area contributed by atoms with Crippen molar-refractivity contribution in [1.82, 2.24) is 19.5 Å². The third-order valence-electron chi connectivity index (χ3n) is 3.84. The lowest BCUT2D eigenvalue weighted by atomic mass is 10.0. The molecule has 1 saturated heterocycles. The highest BCUT2D eigenvalue weighted by molar-refractivity contribution is 7.45. The topological polar surface area (TPSA) is 217 Å². The van der Waals surface area contributed by atoms with E-state index >= 15 is 0 Å². The molecule has 0 radical (unpaired) electrons. The first-order valence-corrected chi connectivity index (χ1v) is 8.85. The van der Waals surface area contributed by atoms with E-state index < -0.39 is 38.5 Å². The summed E-state index contributed by atoms with van der Waals surface area (Å²) in [5.74, 6) is 0.684.